The fourth-order valence-electron chi connectivity index (χ4n) is 1.43. The number of likely N-dealkylation sites (N-methyl/N-ethyl adjacent to an activating group) is 1. The summed E-state index contributed by atoms with van der Waals surface area (Å²) < 4.78 is 5.63. The summed E-state index contributed by atoms with van der Waals surface area (Å²) in [4.78, 5) is 0. The molecule has 0 heterocycles. The SMILES string of the molecule is CCCC(OCC)C(C)NCC. The maximum Gasteiger partial charge on any atom is 0.0725 e. The molecule has 0 aromatic rings. The van der Waals surface area contributed by atoms with Crippen LogP contribution in [0.2, 0.25) is 0 Å². The largest absolute Gasteiger partial charge is 0.377 e. The molecule has 0 rings (SSSR count). The summed E-state index contributed by atoms with van der Waals surface area (Å²) in [5.41, 5.74) is 0. The number of hydrogen-bond acceptors (Lipinski definition) is 2. The summed E-state index contributed by atoms with van der Waals surface area (Å²) in [6.45, 7) is 10.4. The van der Waals surface area contributed by atoms with Crippen LogP contribution >= 0.6 is 0 Å². The standard InChI is InChI=1S/C10H23NO/c1-5-8-10(12-7-3)9(4)11-6-2/h9-11H,5-8H2,1-4H3. The van der Waals surface area contributed by atoms with Gasteiger partial charge in [0.2, 0.25) is 0 Å². The van der Waals surface area contributed by atoms with Gasteiger partial charge < -0.3 is 10.1 Å². The zero-order valence-electron chi connectivity index (χ0n) is 8.89. The third kappa shape index (κ3) is 4.73. The number of ether oxygens (including phenoxy) is 1. The summed E-state index contributed by atoms with van der Waals surface area (Å²) >= 11 is 0. The number of rotatable bonds is 7. The van der Waals surface area contributed by atoms with Crippen LogP contribution in [0, 0.1) is 0 Å². The highest BCUT2D eigenvalue weighted by atomic mass is 16.5. The molecule has 0 fully saturated rings. The monoisotopic (exact) mass is 173 g/mol. The van der Waals surface area contributed by atoms with E-state index < -0.39 is 0 Å². The van der Waals surface area contributed by atoms with Crippen molar-refractivity contribution in [3.05, 3.63) is 0 Å². The molecule has 0 aliphatic carbocycles. The molecule has 1 N–H and O–H groups in total. The second-order valence-corrected chi connectivity index (χ2v) is 3.13. The van der Waals surface area contributed by atoms with Gasteiger partial charge in [-0.2, -0.15) is 0 Å². The average Bonchev–Trinajstić information content (AvgIpc) is 2.04. The van der Waals surface area contributed by atoms with Gasteiger partial charge in [-0.1, -0.05) is 20.3 Å². The van der Waals surface area contributed by atoms with E-state index in [0.29, 0.717) is 12.1 Å². The first-order valence-corrected chi connectivity index (χ1v) is 5.11. The molecule has 0 amide bonds. The van der Waals surface area contributed by atoms with E-state index >= 15 is 0 Å². The van der Waals surface area contributed by atoms with Gasteiger partial charge in [-0.05, 0) is 26.8 Å². The first-order valence-electron chi connectivity index (χ1n) is 5.11. The van der Waals surface area contributed by atoms with E-state index in [0.717, 1.165) is 19.6 Å². The second kappa shape index (κ2) is 7.56. The van der Waals surface area contributed by atoms with Gasteiger partial charge in [0.05, 0.1) is 6.10 Å². The molecule has 2 unspecified atom stereocenters. The Bertz CT molecular complexity index is 89.8. The molecule has 2 nitrogen and oxygen atoms in total. The molecule has 0 aromatic heterocycles. The molecular weight excluding hydrogens is 150 g/mol. The summed E-state index contributed by atoms with van der Waals surface area (Å²) in [6, 6.07) is 0.481. The Morgan fingerprint density at radius 3 is 2.33 bits per heavy atom. The zero-order chi connectivity index (χ0) is 9.40. The van der Waals surface area contributed by atoms with Crippen LogP contribution in [0.3, 0.4) is 0 Å². The van der Waals surface area contributed by atoms with Gasteiger partial charge in [0.25, 0.3) is 0 Å². The first-order chi connectivity index (χ1) is 5.76. The Hall–Kier alpha value is -0.0800. The summed E-state index contributed by atoms with van der Waals surface area (Å²) in [5, 5.41) is 3.39. The van der Waals surface area contributed by atoms with Gasteiger partial charge in [0.15, 0.2) is 0 Å². The summed E-state index contributed by atoms with van der Waals surface area (Å²) in [5.74, 6) is 0. The lowest BCUT2D eigenvalue weighted by molar-refractivity contribution is 0.0331. The molecule has 0 bridgehead atoms. The van der Waals surface area contributed by atoms with Crippen molar-refractivity contribution in [3.8, 4) is 0 Å². The van der Waals surface area contributed by atoms with Gasteiger partial charge in [-0.3, -0.25) is 0 Å². The second-order valence-electron chi connectivity index (χ2n) is 3.13. The molecule has 2 heteroatoms. The fraction of sp³-hybridized carbons (Fsp3) is 1.00. The van der Waals surface area contributed by atoms with Crippen molar-refractivity contribution >= 4 is 0 Å². The van der Waals surface area contributed by atoms with Crippen LogP contribution in [0.25, 0.3) is 0 Å². The van der Waals surface area contributed by atoms with Crippen LogP contribution in [0.4, 0.5) is 0 Å². The predicted molar refractivity (Wildman–Crippen MR) is 53.5 cm³/mol. The normalized spacial score (nSPS) is 16.0. The molecule has 0 aliphatic rings. The van der Waals surface area contributed by atoms with Gasteiger partial charge >= 0.3 is 0 Å². The average molecular weight is 173 g/mol. The molecule has 12 heavy (non-hydrogen) atoms. The van der Waals surface area contributed by atoms with E-state index in [1.165, 1.54) is 6.42 Å². The quantitative estimate of drug-likeness (QED) is 0.637. The Kier molecular flexibility index (Phi) is 7.51. The van der Waals surface area contributed by atoms with Gasteiger partial charge in [-0.25, -0.2) is 0 Å². The highest BCUT2D eigenvalue weighted by Gasteiger charge is 2.14. The molecule has 0 aliphatic heterocycles. The van der Waals surface area contributed by atoms with E-state index in [4.69, 9.17) is 4.74 Å². The van der Waals surface area contributed by atoms with Crippen molar-refractivity contribution in [2.75, 3.05) is 13.2 Å². The first kappa shape index (κ1) is 11.9. The van der Waals surface area contributed by atoms with Crippen molar-refractivity contribution in [2.45, 2.75) is 52.7 Å². The van der Waals surface area contributed by atoms with Crippen LogP contribution < -0.4 is 5.32 Å². The van der Waals surface area contributed by atoms with E-state index in [2.05, 4.69) is 33.0 Å². The smallest absolute Gasteiger partial charge is 0.0725 e. The molecule has 0 saturated heterocycles. The van der Waals surface area contributed by atoms with Gasteiger partial charge in [0, 0.05) is 12.6 Å². The van der Waals surface area contributed by atoms with Crippen LogP contribution in [0.5, 0.6) is 0 Å². The van der Waals surface area contributed by atoms with E-state index in [9.17, 15) is 0 Å². The lowest BCUT2D eigenvalue weighted by Crippen LogP contribution is -2.38. The van der Waals surface area contributed by atoms with Crippen molar-refractivity contribution in [3.63, 3.8) is 0 Å². The van der Waals surface area contributed by atoms with Crippen LogP contribution in [-0.2, 0) is 4.74 Å². The highest BCUT2D eigenvalue weighted by Crippen LogP contribution is 2.06. The predicted octanol–water partition coefficient (Wildman–Crippen LogP) is 2.19. The van der Waals surface area contributed by atoms with Crippen molar-refractivity contribution in [1.29, 1.82) is 0 Å². The Morgan fingerprint density at radius 2 is 1.92 bits per heavy atom. The Morgan fingerprint density at radius 1 is 1.25 bits per heavy atom. The van der Waals surface area contributed by atoms with E-state index in [1.807, 2.05) is 0 Å². The molecule has 0 spiro atoms. The Labute approximate surface area is 76.7 Å². The number of nitrogens with one attached hydrogen (secondary N) is 1. The van der Waals surface area contributed by atoms with Crippen LogP contribution in [0.1, 0.15) is 40.5 Å². The van der Waals surface area contributed by atoms with E-state index in [1.54, 1.807) is 0 Å². The summed E-state index contributed by atoms with van der Waals surface area (Å²) in [7, 11) is 0. The minimum atomic E-state index is 0.389. The van der Waals surface area contributed by atoms with E-state index in [-0.39, 0.29) is 0 Å². The third-order valence-electron chi connectivity index (χ3n) is 2.04. The van der Waals surface area contributed by atoms with Crippen LogP contribution in [-0.4, -0.2) is 25.3 Å². The topological polar surface area (TPSA) is 21.3 Å². The third-order valence-corrected chi connectivity index (χ3v) is 2.04. The minimum absolute atomic E-state index is 0.389. The molecule has 0 saturated carbocycles. The molecule has 74 valence electrons. The molecular formula is C10H23NO. The maximum atomic E-state index is 5.63. The summed E-state index contributed by atoms with van der Waals surface area (Å²) in [6.07, 6.45) is 2.74. The lowest BCUT2D eigenvalue weighted by Gasteiger charge is -2.23. The molecule has 0 radical (unpaired) electrons. The molecule has 2 atom stereocenters. The van der Waals surface area contributed by atoms with Gasteiger partial charge in [0.1, 0.15) is 0 Å². The van der Waals surface area contributed by atoms with Crippen molar-refractivity contribution < 1.29 is 4.74 Å². The van der Waals surface area contributed by atoms with Crippen molar-refractivity contribution in [2.24, 2.45) is 0 Å². The van der Waals surface area contributed by atoms with Crippen LogP contribution in [0.15, 0.2) is 0 Å². The fourth-order valence-corrected chi connectivity index (χ4v) is 1.43. The molecule has 0 aromatic carbocycles. The van der Waals surface area contributed by atoms with Crippen molar-refractivity contribution in [1.82, 2.24) is 5.32 Å². The zero-order valence-corrected chi connectivity index (χ0v) is 8.89. The lowest BCUT2D eigenvalue weighted by atomic mass is 10.1. The number of hydrogen-bond donors (Lipinski definition) is 1. The maximum absolute atomic E-state index is 5.63. The Balaban J connectivity index is 3.72. The highest BCUT2D eigenvalue weighted by molar-refractivity contribution is 4.71. The van der Waals surface area contributed by atoms with Gasteiger partial charge in [-0.15, -0.1) is 0 Å². The minimum Gasteiger partial charge on any atom is -0.377 e.